The van der Waals surface area contributed by atoms with Crippen LogP contribution in [0.5, 0.6) is 5.75 Å². The summed E-state index contributed by atoms with van der Waals surface area (Å²) in [6.45, 7) is 2.62. The van der Waals surface area contributed by atoms with Crippen LogP contribution < -0.4 is 10.1 Å². The summed E-state index contributed by atoms with van der Waals surface area (Å²) >= 11 is 0. The Kier molecular flexibility index (Phi) is 4.55. The molecule has 112 valence electrons. The summed E-state index contributed by atoms with van der Waals surface area (Å²) in [6.07, 6.45) is 5.51. The van der Waals surface area contributed by atoms with Crippen molar-refractivity contribution in [1.29, 1.82) is 0 Å². The highest BCUT2D eigenvalue weighted by Gasteiger charge is 2.20. The van der Waals surface area contributed by atoms with Crippen LogP contribution in [0.15, 0.2) is 30.5 Å². The minimum atomic E-state index is 0.817. The number of rotatable bonds is 8. The topological polar surface area (TPSA) is 43.4 Å². The lowest BCUT2D eigenvalue weighted by atomic mass is 10.1. The van der Waals surface area contributed by atoms with Crippen molar-refractivity contribution in [2.75, 3.05) is 32.2 Å². The van der Waals surface area contributed by atoms with E-state index in [2.05, 4.69) is 16.4 Å². The zero-order valence-electron chi connectivity index (χ0n) is 12.5. The van der Waals surface area contributed by atoms with Crippen molar-refractivity contribution in [3.63, 3.8) is 0 Å². The molecule has 1 heterocycles. The molecule has 0 bridgehead atoms. The molecule has 1 saturated carbocycles. The Morgan fingerprint density at radius 1 is 1.24 bits per heavy atom. The second kappa shape index (κ2) is 6.76. The first-order valence-corrected chi connectivity index (χ1v) is 7.62. The van der Waals surface area contributed by atoms with Gasteiger partial charge < -0.3 is 14.8 Å². The number of nitrogens with one attached hydrogen (secondary N) is 1. The maximum absolute atomic E-state index is 5.64. The second-order valence-electron chi connectivity index (χ2n) is 5.51. The number of aromatic nitrogens is 1. The molecule has 1 aromatic carbocycles. The Balaban J connectivity index is 1.55. The van der Waals surface area contributed by atoms with E-state index in [0.29, 0.717) is 0 Å². The van der Waals surface area contributed by atoms with Crippen molar-refractivity contribution in [3.05, 3.63) is 30.5 Å². The molecular formula is C17H22N2O2. The zero-order chi connectivity index (χ0) is 14.5. The van der Waals surface area contributed by atoms with E-state index in [1.54, 1.807) is 7.11 Å². The summed E-state index contributed by atoms with van der Waals surface area (Å²) in [5.74, 6) is 2.63. The molecule has 1 aliphatic carbocycles. The molecule has 0 saturated heterocycles. The molecule has 21 heavy (non-hydrogen) atoms. The summed E-state index contributed by atoms with van der Waals surface area (Å²) in [7, 11) is 1.69. The molecular weight excluding hydrogens is 264 g/mol. The molecule has 0 amide bonds. The van der Waals surface area contributed by atoms with Gasteiger partial charge in [0.1, 0.15) is 11.6 Å². The number of hydrogen-bond acceptors (Lipinski definition) is 4. The highest BCUT2D eigenvalue weighted by Crippen LogP contribution is 2.29. The van der Waals surface area contributed by atoms with E-state index in [1.165, 1.54) is 12.8 Å². The smallest absolute Gasteiger partial charge is 0.133 e. The first-order chi connectivity index (χ1) is 10.4. The molecule has 2 aromatic rings. The maximum Gasteiger partial charge on any atom is 0.133 e. The third-order valence-corrected chi connectivity index (χ3v) is 3.79. The van der Waals surface area contributed by atoms with Gasteiger partial charge in [0.15, 0.2) is 0 Å². The third-order valence-electron chi connectivity index (χ3n) is 3.79. The number of nitrogens with zero attached hydrogens (tertiary/aromatic N) is 1. The molecule has 1 fully saturated rings. The lowest BCUT2D eigenvalue weighted by Crippen LogP contribution is -2.08. The number of ether oxygens (including phenoxy) is 2. The zero-order valence-corrected chi connectivity index (χ0v) is 12.5. The maximum atomic E-state index is 5.64. The van der Waals surface area contributed by atoms with E-state index < -0.39 is 0 Å². The summed E-state index contributed by atoms with van der Waals surface area (Å²) in [5, 5.41) is 5.57. The quantitative estimate of drug-likeness (QED) is 0.755. The highest BCUT2D eigenvalue weighted by molar-refractivity contribution is 5.95. The monoisotopic (exact) mass is 286 g/mol. The summed E-state index contributed by atoms with van der Waals surface area (Å²) in [4.78, 5) is 4.43. The van der Waals surface area contributed by atoms with Crippen LogP contribution in [0.3, 0.4) is 0 Å². The molecule has 0 atom stereocenters. The second-order valence-corrected chi connectivity index (χ2v) is 5.51. The van der Waals surface area contributed by atoms with Gasteiger partial charge in [-0.3, -0.25) is 0 Å². The summed E-state index contributed by atoms with van der Waals surface area (Å²) < 4.78 is 11.0. The average Bonchev–Trinajstić information content (AvgIpc) is 3.34. The summed E-state index contributed by atoms with van der Waals surface area (Å²) in [5.41, 5.74) is 0. The molecule has 1 N–H and O–H groups in total. The van der Waals surface area contributed by atoms with Crippen LogP contribution >= 0.6 is 0 Å². The van der Waals surface area contributed by atoms with Gasteiger partial charge in [0.2, 0.25) is 0 Å². The van der Waals surface area contributed by atoms with Crippen molar-refractivity contribution >= 4 is 16.6 Å². The molecule has 1 aliphatic rings. The van der Waals surface area contributed by atoms with Gasteiger partial charge in [-0.1, -0.05) is 12.1 Å². The lowest BCUT2D eigenvalue weighted by Gasteiger charge is -2.11. The van der Waals surface area contributed by atoms with Gasteiger partial charge in [0.05, 0.1) is 7.11 Å². The van der Waals surface area contributed by atoms with Crippen molar-refractivity contribution in [3.8, 4) is 5.75 Å². The average molecular weight is 286 g/mol. The Labute approximate surface area is 125 Å². The van der Waals surface area contributed by atoms with E-state index in [4.69, 9.17) is 9.47 Å². The number of methoxy groups -OCH3 is 1. The number of anilines is 1. The predicted molar refractivity (Wildman–Crippen MR) is 84.9 cm³/mol. The number of pyridine rings is 1. The van der Waals surface area contributed by atoms with Gasteiger partial charge in [-0.15, -0.1) is 0 Å². The van der Waals surface area contributed by atoms with Crippen LogP contribution in [0, 0.1) is 5.92 Å². The van der Waals surface area contributed by atoms with Crippen LogP contribution in [0.25, 0.3) is 10.8 Å². The molecule has 0 spiro atoms. The third kappa shape index (κ3) is 3.64. The number of fused-ring (bicyclic) bond motifs is 1. The van der Waals surface area contributed by atoms with Gasteiger partial charge in [0.25, 0.3) is 0 Å². The van der Waals surface area contributed by atoms with Gasteiger partial charge in [-0.05, 0) is 37.3 Å². The SMILES string of the molecule is COc1cccc2c(NCCCOCC3CC3)nccc12. The Morgan fingerprint density at radius 2 is 2.14 bits per heavy atom. The lowest BCUT2D eigenvalue weighted by molar-refractivity contribution is 0.124. The Hall–Kier alpha value is -1.81. The van der Waals surface area contributed by atoms with E-state index in [0.717, 1.165) is 54.4 Å². The minimum Gasteiger partial charge on any atom is -0.496 e. The van der Waals surface area contributed by atoms with E-state index in [-0.39, 0.29) is 0 Å². The molecule has 0 unspecified atom stereocenters. The highest BCUT2D eigenvalue weighted by atomic mass is 16.5. The van der Waals surface area contributed by atoms with Gasteiger partial charge in [-0.2, -0.15) is 0 Å². The van der Waals surface area contributed by atoms with Crippen LogP contribution in [0.1, 0.15) is 19.3 Å². The fourth-order valence-corrected chi connectivity index (χ4v) is 2.41. The Morgan fingerprint density at radius 3 is 2.95 bits per heavy atom. The minimum absolute atomic E-state index is 0.817. The molecule has 1 aromatic heterocycles. The fourth-order valence-electron chi connectivity index (χ4n) is 2.41. The molecule has 0 radical (unpaired) electrons. The van der Waals surface area contributed by atoms with E-state index in [1.807, 2.05) is 24.4 Å². The molecule has 4 nitrogen and oxygen atoms in total. The molecule has 3 rings (SSSR count). The predicted octanol–water partition coefficient (Wildman–Crippen LogP) is 3.47. The molecule has 0 aliphatic heterocycles. The van der Waals surface area contributed by atoms with Gasteiger partial charge in [0, 0.05) is 36.7 Å². The molecule has 4 heteroatoms. The standard InChI is InChI=1S/C17H22N2O2/c1-20-16-5-2-4-15-14(16)8-10-19-17(15)18-9-3-11-21-12-13-6-7-13/h2,4-5,8,10,13H,3,6-7,9,11-12H2,1H3,(H,18,19). The fraction of sp³-hybridized carbons (Fsp3) is 0.471. The van der Waals surface area contributed by atoms with Crippen LogP contribution in [0.2, 0.25) is 0 Å². The first kappa shape index (κ1) is 14.1. The van der Waals surface area contributed by atoms with Crippen molar-refractivity contribution in [2.24, 2.45) is 5.92 Å². The van der Waals surface area contributed by atoms with Gasteiger partial charge in [-0.25, -0.2) is 4.98 Å². The first-order valence-electron chi connectivity index (χ1n) is 7.62. The number of benzene rings is 1. The Bertz CT molecular complexity index is 596. The van der Waals surface area contributed by atoms with Crippen molar-refractivity contribution in [1.82, 2.24) is 4.98 Å². The van der Waals surface area contributed by atoms with E-state index >= 15 is 0 Å². The van der Waals surface area contributed by atoms with Gasteiger partial charge >= 0.3 is 0 Å². The number of hydrogen-bond donors (Lipinski definition) is 1. The normalized spacial score (nSPS) is 14.3. The van der Waals surface area contributed by atoms with Crippen molar-refractivity contribution < 1.29 is 9.47 Å². The van der Waals surface area contributed by atoms with Crippen LogP contribution in [0.4, 0.5) is 5.82 Å². The van der Waals surface area contributed by atoms with E-state index in [9.17, 15) is 0 Å². The largest absolute Gasteiger partial charge is 0.496 e. The summed E-state index contributed by atoms with van der Waals surface area (Å²) in [6, 6.07) is 8.01. The van der Waals surface area contributed by atoms with Crippen molar-refractivity contribution in [2.45, 2.75) is 19.3 Å². The van der Waals surface area contributed by atoms with Crippen LogP contribution in [-0.2, 0) is 4.74 Å². The van der Waals surface area contributed by atoms with Crippen LogP contribution in [-0.4, -0.2) is 31.9 Å².